The van der Waals surface area contributed by atoms with Crippen molar-refractivity contribution >= 4 is 6.48 Å². The van der Waals surface area contributed by atoms with E-state index in [1.807, 2.05) is 24.3 Å². The van der Waals surface area contributed by atoms with E-state index in [2.05, 4.69) is 157 Å². The first kappa shape index (κ1) is 43.5. The number of alkyl halides is 3. The maximum Gasteiger partial charge on any atom is -1.00 e. The molecule has 0 N–H and O–H groups in total. The van der Waals surface area contributed by atoms with Gasteiger partial charge in [0, 0.05) is 0 Å². The normalized spacial score (nSPS) is 13.7. The average molecular weight is 891 g/mol. The largest absolute Gasteiger partial charge is 1.00 e. The van der Waals surface area contributed by atoms with Gasteiger partial charge in [-0.1, -0.05) is 0 Å². The van der Waals surface area contributed by atoms with Gasteiger partial charge in [-0.25, -0.2) is 0 Å². The van der Waals surface area contributed by atoms with Crippen LogP contribution >= 0.6 is 0 Å². The maximum atomic E-state index is 14.5. The quantitative estimate of drug-likeness (QED) is 0.161. The summed E-state index contributed by atoms with van der Waals surface area (Å²) in [5, 5.41) is 0. The van der Waals surface area contributed by atoms with Gasteiger partial charge in [-0.2, -0.15) is 0 Å². The predicted octanol–water partition coefficient (Wildman–Crippen LogP) is 7.64. The van der Waals surface area contributed by atoms with Crippen LogP contribution in [0.5, 0.6) is 0 Å². The molecule has 8 rings (SSSR count). The van der Waals surface area contributed by atoms with Crippen LogP contribution in [-0.2, 0) is 44.7 Å². The van der Waals surface area contributed by atoms with E-state index < -0.39 is 33.0 Å². The molecule has 0 unspecified atom stereocenters. The molecular weight excluding hydrogens is 844 g/mol. The zero-order valence-corrected chi connectivity index (χ0v) is 37.7. The molecule has 2 aliphatic carbocycles. The first-order valence-corrected chi connectivity index (χ1v) is 23.4. The molecular formula is C52H47Cl2F3Zr. The second-order valence-electron chi connectivity index (χ2n) is 17.2. The molecule has 58 heavy (non-hydrogen) atoms. The number of rotatable bonds is 6. The average Bonchev–Trinajstić information content (AvgIpc) is 3.84. The fourth-order valence-corrected chi connectivity index (χ4v) is 17.4. The Morgan fingerprint density at radius 2 is 1.09 bits per heavy atom. The maximum absolute atomic E-state index is 14.5. The van der Waals surface area contributed by atoms with Crippen LogP contribution in [0.1, 0.15) is 80.5 Å². The van der Waals surface area contributed by atoms with Crippen molar-refractivity contribution in [2.24, 2.45) is 0 Å². The van der Waals surface area contributed by atoms with E-state index >= 15 is 0 Å². The van der Waals surface area contributed by atoms with Gasteiger partial charge in [0.1, 0.15) is 0 Å². The molecule has 0 saturated heterocycles. The summed E-state index contributed by atoms with van der Waals surface area (Å²) in [6, 6.07) is 45.1. The molecule has 0 radical (unpaired) electrons. The van der Waals surface area contributed by atoms with Crippen LogP contribution < -0.4 is 28.1 Å². The van der Waals surface area contributed by atoms with E-state index in [9.17, 15) is 13.2 Å². The van der Waals surface area contributed by atoms with Crippen LogP contribution in [0.2, 0.25) is 3.63 Å². The summed E-state index contributed by atoms with van der Waals surface area (Å²) in [6.45, 7) is 13.8. The molecule has 2 aliphatic rings. The number of allylic oxidation sites excluding steroid dienone is 4. The molecule has 0 heterocycles. The first-order valence-electron chi connectivity index (χ1n) is 19.5. The Labute approximate surface area is 361 Å². The number of hydrogen-bond donors (Lipinski definition) is 0. The summed E-state index contributed by atoms with van der Waals surface area (Å²) in [5.41, 5.74) is 13.4. The predicted molar refractivity (Wildman–Crippen MR) is 226 cm³/mol. The van der Waals surface area contributed by atoms with Crippen LogP contribution in [-0.4, -0.2) is 3.21 Å². The van der Waals surface area contributed by atoms with Crippen molar-refractivity contribution in [3.05, 3.63) is 197 Å². The Morgan fingerprint density at radius 3 is 1.66 bits per heavy atom. The zero-order valence-electron chi connectivity index (χ0n) is 33.7. The fourth-order valence-electron chi connectivity index (χ4n) is 8.67. The van der Waals surface area contributed by atoms with Gasteiger partial charge in [0.15, 0.2) is 0 Å². The minimum absolute atomic E-state index is 0. The van der Waals surface area contributed by atoms with E-state index in [4.69, 9.17) is 0 Å². The minimum Gasteiger partial charge on any atom is -1.00 e. The standard InChI is InChI=1S/C33H33.C14H9F3.C5H5.2ClH.Zr/c1-32(2,3)30-20-26-24(18-28(30)22-13-9-7-10-14-22)17-25-19-29(23-15-11-8-12-16-23)31(21-27(25)26)33(4,5)6;15-14(16,17)13-8-4-7-12(10-13)9-11-5-2-1-3-6-11;1-2-4-5-3-1;;;/h7-16,18,20-21H,17H2,1-6H3;1-8,10H;1-5H;2*1H;/q;;;;;+2/p-2. The van der Waals surface area contributed by atoms with E-state index in [-0.39, 0.29) is 39.3 Å². The van der Waals surface area contributed by atoms with Crippen molar-refractivity contribution in [2.45, 2.75) is 68.6 Å². The third-order valence-corrected chi connectivity index (χ3v) is 19.3. The van der Waals surface area contributed by atoms with Crippen LogP contribution in [0.25, 0.3) is 33.4 Å². The van der Waals surface area contributed by atoms with E-state index in [0.29, 0.717) is 5.56 Å². The van der Waals surface area contributed by atoms with E-state index in [1.165, 1.54) is 65.5 Å². The van der Waals surface area contributed by atoms with Crippen molar-refractivity contribution in [1.29, 1.82) is 0 Å². The summed E-state index contributed by atoms with van der Waals surface area (Å²) < 4.78 is 46.1. The Hall–Kier alpha value is -4.08. The van der Waals surface area contributed by atoms with Crippen LogP contribution in [0.3, 0.4) is 0 Å². The number of fused-ring (bicyclic) bond motifs is 3. The van der Waals surface area contributed by atoms with Crippen LogP contribution in [0, 0.1) is 0 Å². The van der Waals surface area contributed by atoms with E-state index in [1.54, 1.807) is 6.07 Å². The van der Waals surface area contributed by atoms with Crippen LogP contribution in [0.4, 0.5) is 13.2 Å². The summed E-state index contributed by atoms with van der Waals surface area (Å²) in [4.78, 5) is 0. The van der Waals surface area contributed by atoms with Crippen molar-refractivity contribution in [3.63, 3.8) is 0 Å². The Kier molecular flexibility index (Phi) is 12.7. The van der Waals surface area contributed by atoms with Gasteiger partial charge in [0.25, 0.3) is 0 Å². The number of benzene rings is 6. The van der Waals surface area contributed by atoms with Gasteiger partial charge < -0.3 is 24.8 Å². The molecule has 0 nitrogen and oxygen atoms in total. The van der Waals surface area contributed by atoms with Crippen molar-refractivity contribution < 1.29 is 59.3 Å². The molecule has 0 spiro atoms. The molecule has 0 fully saturated rings. The summed E-state index contributed by atoms with van der Waals surface area (Å²) in [6.07, 6.45) is 5.19. The second kappa shape index (κ2) is 16.9. The topological polar surface area (TPSA) is 0 Å². The first-order chi connectivity index (χ1) is 26.7. The SMILES string of the molecule is CC(C)(C)c1cc2c(cc1-c1ccccc1)Cc1c-2cc(C(C)(C)C)c(-c2ccccc2)[c]1[Zr+2](=[C](c1ccccc1)c1cccc(C(F)(F)F)c1)[CH]1C=CC=C1.[Cl-].[Cl-]. The molecule has 6 heteroatoms. The summed E-state index contributed by atoms with van der Waals surface area (Å²) >= 11 is -3.43. The van der Waals surface area contributed by atoms with Gasteiger partial charge in [0.05, 0.1) is 0 Å². The Balaban J connectivity index is 0.00000283. The van der Waals surface area contributed by atoms with Crippen molar-refractivity contribution in [1.82, 2.24) is 0 Å². The smallest absolute Gasteiger partial charge is 1.00 e. The van der Waals surface area contributed by atoms with Gasteiger partial charge in [0.2, 0.25) is 0 Å². The number of halogens is 5. The van der Waals surface area contributed by atoms with Gasteiger partial charge >= 0.3 is 340 Å². The van der Waals surface area contributed by atoms with Gasteiger partial charge in [-0.05, 0) is 0 Å². The third kappa shape index (κ3) is 8.36. The molecule has 0 atom stereocenters. The molecule has 0 saturated carbocycles. The zero-order chi connectivity index (χ0) is 39.4. The summed E-state index contributed by atoms with van der Waals surface area (Å²) in [7, 11) is 0. The van der Waals surface area contributed by atoms with Crippen molar-refractivity contribution in [3.8, 4) is 33.4 Å². The molecule has 0 amide bonds. The van der Waals surface area contributed by atoms with Gasteiger partial charge in [-0.3, -0.25) is 0 Å². The Morgan fingerprint density at radius 1 is 0.552 bits per heavy atom. The molecule has 0 aromatic heterocycles. The van der Waals surface area contributed by atoms with Crippen molar-refractivity contribution in [2.75, 3.05) is 0 Å². The monoisotopic (exact) mass is 888 g/mol. The third-order valence-electron chi connectivity index (χ3n) is 11.3. The van der Waals surface area contributed by atoms with Crippen LogP contribution in [0.15, 0.2) is 158 Å². The molecule has 6 aromatic rings. The molecule has 0 aliphatic heterocycles. The minimum atomic E-state index is -4.46. The Bertz CT molecular complexity index is 2530. The van der Waals surface area contributed by atoms with E-state index in [0.717, 1.165) is 20.8 Å². The second-order valence-corrected chi connectivity index (χ2v) is 23.3. The fraction of sp³-hybridized carbons (Fsp3) is 0.212. The molecule has 0 bridgehead atoms. The van der Waals surface area contributed by atoms with Gasteiger partial charge in [-0.15, -0.1) is 0 Å². The molecule has 6 aromatic carbocycles. The number of hydrogen-bond acceptors (Lipinski definition) is 0. The molecule has 294 valence electrons. The summed E-state index contributed by atoms with van der Waals surface area (Å²) in [5.74, 6) is 0.